The zero-order valence-electron chi connectivity index (χ0n) is 12.9. The Kier molecular flexibility index (Phi) is 4.95. The van der Waals surface area contributed by atoms with Crippen LogP contribution in [0.2, 0.25) is 0 Å². The summed E-state index contributed by atoms with van der Waals surface area (Å²) >= 11 is 0. The molecule has 2 atom stereocenters. The molecular weight excluding hydrogens is 292 g/mol. The molecule has 2 N–H and O–H groups in total. The number of sulfonamides is 1. The molecule has 1 saturated heterocycles. The molecule has 122 valence electrons. The van der Waals surface area contributed by atoms with Crippen molar-refractivity contribution in [2.75, 3.05) is 18.9 Å². The first-order chi connectivity index (χ1) is 9.81. The van der Waals surface area contributed by atoms with E-state index >= 15 is 0 Å². The molecule has 2 rings (SSSR count). The van der Waals surface area contributed by atoms with Crippen LogP contribution in [0.1, 0.15) is 46.0 Å². The van der Waals surface area contributed by atoms with E-state index in [1.165, 1.54) is 4.31 Å². The minimum absolute atomic E-state index is 0.0472. The van der Waals surface area contributed by atoms with Crippen LogP contribution in [0.5, 0.6) is 0 Å². The van der Waals surface area contributed by atoms with Crippen LogP contribution in [0.25, 0.3) is 0 Å². The second-order valence-electron chi connectivity index (χ2n) is 6.28. The summed E-state index contributed by atoms with van der Waals surface area (Å²) in [5.74, 6) is -0.275. The van der Waals surface area contributed by atoms with E-state index in [2.05, 4.69) is 0 Å². The number of piperidine rings is 1. The SMILES string of the molecule is CCOC(CS(=O)(=O)N1CCCCC1(C)C(N)=O)C1CC1. The van der Waals surface area contributed by atoms with E-state index in [9.17, 15) is 13.2 Å². The highest BCUT2D eigenvalue weighted by Crippen LogP contribution is 2.37. The van der Waals surface area contributed by atoms with Crippen molar-refractivity contribution in [3.63, 3.8) is 0 Å². The van der Waals surface area contributed by atoms with E-state index in [0.29, 0.717) is 25.5 Å². The van der Waals surface area contributed by atoms with Crippen molar-refractivity contribution in [2.45, 2.75) is 57.6 Å². The zero-order chi connectivity index (χ0) is 15.7. The van der Waals surface area contributed by atoms with Gasteiger partial charge in [-0.25, -0.2) is 8.42 Å². The highest BCUT2D eigenvalue weighted by atomic mass is 32.2. The Morgan fingerprint density at radius 1 is 1.43 bits per heavy atom. The summed E-state index contributed by atoms with van der Waals surface area (Å²) in [4.78, 5) is 11.8. The Balaban J connectivity index is 2.17. The van der Waals surface area contributed by atoms with Crippen LogP contribution in [0.4, 0.5) is 0 Å². The lowest BCUT2D eigenvalue weighted by molar-refractivity contribution is -0.128. The van der Waals surface area contributed by atoms with Gasteiger partial charge in [0, 0.05) is 13.2 Å². The topological polar surface area (TPSA) is 89.7 Å². The van der Waals surface area contributed by atoms with E-state index < -0.39 is 21.5 Å². The number of carbonyl (C=O) groups is 1. The highest BCUT2D eigenvalue weighted by molar-refractivity contribution is 7.89. The number of rotatable bonds is 7. The van der Waals surface area contributed by atoms with Gasteiger partial charge in [0.2, 0.25) is 15.9 Å². The van der Waals surface area contributed by atoms with Crippen molar-refractivity contribution >= 4 is 15.9 Å². The molecule has 0 bridgehead atoms. The van der Waals surface area contributed by atoms with Gasteiger partial charge < -0.3 is 10.5 Å². The molecule has 21 heavy (non-hydrogen) atoms. The van der Waals surface area contributed by atoms with Crippen molar-refractivity contribution in [2.24, 2.45) is 11.7 Å². The molecule has 1 heterocycles. The normalized spacial score (nSPS) is 29.2. The predicted molar refractivity (Wildman–Crippen MR) is 80.1 cm³/mol. The number of hydrogen-bond acceptors (Lipinski definition) is 4. The average molecular weight is 318 g/mol. The van der Waals surface area contributed by atoms with Gasteiger partial charge in [0.05, 0.1) is 11.9 Å². The first kappa shape index (κ1) is 16.7. The Morgan fingerprint density at radius 2 is 2.10 bits per heavy atom. The third-order valence-corrected chi connectivity index (χ3v) is 6.60. The maximum absolute atomic E-state index is 12.8. The number of nitrogens with two attached hydrogens (primary N) is 1. The Morgan fingerprint density at radius 3 is 2.62 bits per heavy atom. The molecule has 6 nitrogen and oxygen atoms in total. The minimum Gasteiger partial charge on any atom is -0.377 e. The lowest BCUT2D eigenvalue weighted by Crippen LogP contribution is -2.60. The molecular formula is C14H26N2O4S. The molecule has 2 fully saturated rings. The van der Waals surface area contributed by atoms with Crippen molar-refractivity contribution < 1.29 is 17.9 Å². The summed E-state index contributed by atoms with van der Waals surface area (Å²) in [5, 5.41) is 0. The molecule has 0 aromatic rings. The summed E-state index contributed by atoms with van der Waals surface area (Å²) in [7, 11) is -3.55. The number of primary amides is 1. The maximum atomic E-state index is 12.8. The van der Waals surface area contributed by atoms with Gasteiger partial charge in [-0.3, -0.25) is 4.79 Å². The number of hydrogen-bond donors (Lipinski definition) is 1. The Bertz CT molecular complexity index is 489. The van der Waals surface area contributed by atoms with Crippen molar-refractivity contribution in [3.05, 3.63) is 0 Å². The molecule has 0 spiro atoms. The molecule has 0 radical (unpaired) electrons. The molecule has 1 aliphatic carbocycles. The Hall–Kier alpha value is -0.660. The van der Waals surface area contributed by atoms with Gasteiger partial charge >= 0.3 is 0 Å². The second-order valence-corrected chi connectivity index (χ2v) is 8.22. The van der Waals surface area contributed by atoms with E-state index in [-0.39, 0.29) is 11.9 Å². The number of nitrogens with zero attached hydrogens (tertiary/aromatic N) is 1. The zero-order valence-corrected chi connectivity index (χ0v) is 13.7. The van der Waals surface area contributed by atoms with E-state index in [1.54, 1.807) is 6.92 Å². The quantitative estimate of drug-likeness (QED) is 0.754. The van der Waals surface area contributed by atoms with Crippen LogP contribution < -0.4 is 5.73 Å². The van der Waals surface area contributed by atoms with Crippen molar-refractivity contribution in [1.29, 1.82) is 0 Å². The Labute approximate surface area is 127 Å². The van der Waals surface area contributed by atoms with Gasteiger partial charge in [0.25, 0.3) is 0 Å². The lowest BCUT2D eigenvalue weighted by Gasteiger charge is -2.41. The molecule has 1 amide bonds. The highest BCUT2D eigenvalue weighted by Gasteiger charge is 2.47. The van der Waals surface area contributed by atoms with Gasteiger partial charge in [-0.1, -0.05) is 0 Å². The number of ether oxygens (including phenoxy) is 1. The molecule has 0 aromatic carbocycles. The fourth-order valence-electron chi connectivity index (χ4n) is 3.09. The minimum atomic E-state index is -3.55. The second kappa shape index (κ2) is 6.22. The van der Waals surface area contributed by atoms with Gasteiger partial charge in [-0.2, -0.15) is 4.31 Å². The van der Waals surface area contributed by atoms with Crippen LogP contribution >= 0.6 is 0 Å². The van der Waals surface area contributed by atoms with E-state index in [1.807, 2.05) is 6.92 Å². The van der Waals surface area contributed by atoms with Crippen LogP contribution in [-0.4, -0.2) is 49.2 Å². The van der Waals surface area contributed by atoms with Gasteiger partial charge in [0.15, 0.2) is 0 Å². The standard InChI is InChI=1S/C14H26N2O4S/c1-3-20-12(11-6-7-11)10-21(18,19)16-9-5-4-8-14(16,2)13(15)17/h11-12H,3-10H2,1-2H3,(H2,15,17). The van der Waals surface area contributed by atoms with Crippen LogP contribution in [0.3, 0.4) is 0 Å². The average Bonchev–Trinajstić information content (AvgIpc) is 3.22. The third-order valence-electron chi connectivity index (χ3n) is 4.60. The molecule has 0 aromatic heterocycles. The first-order valence-corrected chi connectivity index (χ1v) is 9.34. The van der Waals surface area contributed by atoms with Gasteiger partial charge in [0.1, 0.15) is 5.54 Å². The van der Waals surface area contributed by atoms with Crippen molar-refractivity contribution in [3.8, 4) is 0 Å². The first-order valence-electron chi connectivity index (χ1n) is 7.73. The summed E-state index contributed by atoms with van der Waals surface area (Å²) in [6, 6.07) is 0. The smallest absolute Gasteiger partial charge is 0.238 e. The van der Waals surface area contributed by atoms with E-state index in [0.717, 1.165) is 25.7 Å². The van der Waals surface area contributed by atoms with Crippen LogP contribution in [0, 0.1) is 5.92 Å². The number of amides is 1. The predicted octanol–water partition coefficient (Wildman–Crippen LogP) is 0.861. The van der Waals surface area contributed by atoms with Crippen molar-refractivity contribution in [1.82, 2.24) is 4.31 Å². The third kappa shape index (κ3) is 3.57. The molecule has 7 heteroatoms. The fraction of sp³-hybridized carbons (Fsp3) is 0.929. The largest absolute Gasteiger partial charge is 0.377 e. The molecule has 1 saturated carbocycles. The lowest BCUT2D eigenvalue weighted by atomic mass is 9.90. The van der Waals surface area contributed by atoms with Crippen LogP contribution in [-0.2, 0) is 19.6 Å². The monoisotopic (exact) mass is 318 g/mol. The summed E-state index contributed by atoms with van der Waals surface area (Å²) < 4.78 is 32.4. The number of carbonyl (C=O) groups excluding carboxylic acids is 1. The molecule has 1 aliphatic heterocycles. The van der Waals surface area contributed by atoms with Gasteiger partial charge in [-0.15, -0.1) is 0 Å². The van der Waals surface area contributed by atoms with Crippen LogP contribution in [0.15, 0.2) is 0 Å². The summed E-state index contributed by atoms with van der Waals surface area (Å²) in [5.41, 5.74) is 4.37. The summed E-state index contributed by atoms with van der Waals surface area (Å²) in [6.07, 6.45) is 3.86. The summed E-state index contributed by atoms with van der Waals surface area (Å²) in [6.45, 7) is 4.38. The van der Waals surface area contributed by atoms with Gasteiger partial charge in [-0.05, 0) is 51.9 Å². The van der Waals surface area contributed by atoms with E-state index in [4.69, 9.17) is 10.5 Å². The molecule has 2 unspecified atom stereocenters. The molecule has 2 aliphatic rings. The maximum Gasteiger partial charge on any atom is 0.238 e. The fourth-order valence-corrected chi connectivity index (χ4v) is 5.25.